The van der Waals surface area contributed by atoms with Crippen LogP contribution in [0.3, 0.4) is 0 Å². The van der Waals surface area contributed by atoms with Gasteiger partial charge in [-0.3, -0.25) is 5.84 Å². The zero-order valence-electron chi connectivity index (χ0n) is 7.90. The Morgan fingerprint density at radius 2 is 2.57 bits per heavy atom. The molecule has 2 heterocycles. The van der Waals surface area contributed by atoms with Gasteiger partial charge in [-0.05, 0) is 17.5 Å². The average Bonchev–Trinajstić information content (AvgIpc) is 2.86. The number of nitrogens with one attached hydrogen (secondary N) is 1. The summed E-state index contributed by atoms with van der Waals surface area (Å²) < 4.78 is 5.48. The Bertz CT molecular complexity index is 308. The van der Waals surface area contributed by atoms with E-state index in [1.165, 1.54) is 4.88 Å². The van der Waals surface area contributed by atoms with Crippen molar-refractivity contribution in [1.82, 2.24) is 5.43 Å². The number of ether oxygens (including phenoxy) is 1. The summed E-state index contributed by atoms with van der Waals surface area (Å²) in [7, 11) is 0. The largest absolute Gasteiger partial charge is 0.496 e. The van der Waals surface area contributed by atoms with Gasteiger partial charge in [0.2, 0.25) is 0 Å². The number of hydrazine groups is 1. The second-order valence-electron chi connectivity index (χ2n) is 3.25. The fourth-order valence-corrected chi connectivity index (χ4v) is 2.30. The summed E-state index contributed by atoms with van der Waals surface area (Å²) in [5.74, 6) is 6.49. The van der Waals surface area contributed by atoms with E-state index in [2.05, 4.69) is 29.0 Å². The van der Waals surface area contributed by atoms with E-state index in [4.69, 9.17) is 10.6 Å². The van der Waals surface area contributed by atoms with Gasteiger partial charge in [0.25, 0.3) is 0 Å². The zero-order valence-corrected chi connectivity index (χ0v) is 8.72. The van der Waals surface area contributed by atoms with Crippen LogP contribution in [0.5, 0.6) is 0 Å². The fourth-order valence-electron chi connectivity index (χ4n) is 1.55. The molecular weight excluding hydrogens is 196 g/mol. The maximum atomic E-state index is 5.50. The summed E-state index contributed by atoms with van der Waals surface area (Å²) in [5.41, 5.74) is 2.80. The van der Waals surface area contributed by atoms with Crippen LogP contribution in [0.2, 0.25) is 0 Å². The summed E-state index contributed by atoms with van der Waals surface area (Å²) in [6.07, 6.45) is 4.01. The minimum atomic E-state index is 0.121. The number of hydrogen-bond donors (Lipinski definition) is 2. The van der Waals surface area contributed by atoms with Gasteiger partial charge in [-0.2, -0.15) is 0 Å². The molecule has 1 atom stereocenters. The van der Waals surface area contributed by atoms with Gasteiger partial charge in [-0.1, -0.05) is 6.07 Å². The van der Waals surface area contributed by atoms with Crippen molar-refractivity contribution in [2.45, 2.75) is 18.9 Å². The van der Waals surface area contributed by atoms with E-state index in [1.54, 1.807) is 11.3 Å². The second kappa shape index (κ2) is 4.59. The predicted octanol–water partition coefficient (Wildman–Crippen LogP) is 1.43. The maximum absolute atomic E-state index is 5.50. The number of nitrogens with two attached hydrogens (primary N) is 1. The molecule has 0 saturated carbocycles. The Morgan fingerprint density at radius 3 is 3.14 bits per heavy atom. The molecule has 0 bridgehead atoms. The molecule has 0 fully saturated rings. The zero-order chi connectivity index (χ0) is 9.80. The van der Waals surface area contributed by atoms with Crippen molar-refractivity contribution in [3.63, 3.8) is 0 Å². The molecule has 0 radical (unpaired) electrons. The highest BCUT2D eigenvalue weighted by Gasteiger charge is 2.18. The summed E-state index contributed by atoms with van der Waals surface area (Å²) in [5, 5.41) is 2.08. The van der Waals surface area contributed by atoms with Crippen LogP contribution in [0, 0.1) is 0 Å². The summed E-state index contributed by atoms with van der Waals surface area (Å²) in [6, 6.07) is 4.29. The van der Waals surface area contributed by atoms with E-state index in [0.717, 1.165) is 25.2 Å². The lowest BCUT2D eigenvalue weighted by Crippen LogP contribution is -2.38. The standard InChI is InChI=1S/C10H14N2OS/c11-12-9(10-4-1-5-13-10)7-8-3-2-6-14-8/h2-4,6,9,12H,1,5,7,11H2. The Kier molecular flexibility index (Phi) is 3.18. The molecule has 0 saturated heterocycles. The molecule has 14 heavy (non-hydrogen) atoms. The van der Waals surface area contributed by atoms with E-state index in [-0.39, 0.29) is 6.04 Å². The molecule has 1 aromatic heterocycles. The van der Waals surface area contributed by atoms with Crippen molar-refractivity contribution in [3.05, 3.63) is 34.2 Å². The van der Waals surface area contributed by atoms with Crippen molar-refractivity contribution in [1.29, 1.82) is 0 Å². The van der Waals surface area contributed by atoms with Crippen LogP contribution in [-0.2, 0) is 11.2 Å². The topological polar surface area (TPSA) is 47.3 Å². The lowest BCUT2D eigenvalue weighted by molar-refractivity contribution is 0.215. The first-order valence-corrected chi connectivity index (χ1v) is 5.59. The van der Waals surface area contributed by atoms with Gasteiger partial charge in [0.05, 0.1) is 12.6 Å². The summed E-state index contributed by atoms with van der Waals surface area (Å²) >= 11 is 1.75. The predicted molar refractivity (Wildman–Crippen MR) is 57.8 cm³/mol. The van der Waals surface area contributed by atoms with Gasteiger partial charge in [0.1, 0.15) is 5.76 Å². The molecule has 1 aliphatic rings. The maximum Gasteiger partial charge on any atom is 0.111 e. The van der Waals surface area contributed by atoms with Crippen LogP contribution >= 0.6 is 11.3 Å². The van der Waals surface area contributed by atoms with E-state index in [1.807, 2.05) is 0 Å². The lowest BCUT2D eigenvalue weighted by atomic mass is 10.1. The highest BCUT2D eigenvalue weighted by molar-refractivity contribution is 7.09. The molecule has 0 aromatic carbocycles. The summed E-state index contributed by atoms with van der Waals surface area (Å²) in [6.45, 7) is 0.790. The van der Waals surface area contributed by atoms with Crippen molar-refractivity contribution in [3.8, 4) is 0 Å². The third-order valence-corrected chi connectivity index (χ3v) is 3.16. The Labute approximate surface area is 87.5 Å². The molecule has 3 N–H and O–H groups in total. The molecule has 1 aromatic rings. The van der Waals surface area contributed by atoms with Gasteiger partial charge in [0, 0.05) is 17.7 Å². The highest BCUT2D eigenvalue weighted by Crippen LogP contribution is 2.18. The molecular formula is C10H14N2OS. The van der Waals surface area contributed by atoms with E-state index >= 15 is 0 Å². The molecule has 76 valence electrons. The van der Waals surface area contributed by atoms with Crippen molar-refractivity contribution in [2.24, 2.45) is 5.84 Å². The molecule has 0 spiro atoms. The first-order valence-electron chi connectivity index (χ1n) is 4.71. The van der Waals surface area contributed by atoms with Crippen LogP contribution in [-0.4, -0.2) is 12.6 Å². The van der Waals surface area contributed by atoms with Crippen molar-refractivity contribution in [2.75, 3.05) is 6.61 Å². The number of thiophene rings is 1. The van der Waals surface area contributed by atoms with E-state index in [0.29, 0.717) is 0 Å². The van der Waals surface area contributed by atoms with E-state index in [9.17, 15) is 0 Å². The molecule has 4 heteroatoms. The van der Waals surface area contributed by atoms with E-state index < -0.39 is 0 Å². The van der Waals surface area contributed by atoms with Gasteiger partial charge < -0.3 is 4.74 Å². The van der Waals surface area contributed by atoms with Crippen LogP contribution in [0.15, 0.2) is 29.3 Å². The fraction of sp³-hybridized carbons (Fsp3) is 0.400. The average molecular weight is 210 g/mol. The minimum absolute atomic E-state index is 0.121. The first-order chi connectivity index (χ1) is 6.90. The highest BCUT2D eigenvalue weighted by atomic mass is 32.1. The molecule has 3 nitrogen and oxygen atoms in total. The molecule has 2 rings (SSSR count). The lowest BCUT2D eigenvalue weighted by Gasteiger charge is -2.15. The van der Waals surface area contributed by atoms with Crippen LogP contribution < -0.4 is 11.3 Å². The third kappa shape index (κ3) is 2.15. The van der Waals surface area contributed by atoms with Gasteiger partial charge >= 0.3 is 0 Å². The summed E-state index contributed by atoms with van der Waals surface area (Å²) in [4.78, 5) is 1.32. The van der Waals surface area contributed by atoms with Crippen LogP contribution in [0.25, 0.3) is 0 Å². The molecule has 0 aliphatic carbocycles. The van der Waals surface area contributed by atoms with Crippen molar-refractivity contribution >= 4 is 11.3 Å². The Balaban J connectivity index is 1.99. The number of hydrogen-bond acceptors (Lipinski definition) is 4. The number of rotatable bonds is 4. The quantitative estimate of drug-likeness (QED) is 0.584. The van der Waals surface area contributed by atoms with Gasteiger partial charge in [-0.15, -0.1) is 11.3 Å². The Hall–Kier alpha value is -0.840. The first kappa shape index (κ1) is 9.71. The van der Waals surface area contributed by atoms with Crippen LogP contribution in [0.4, 0.5) is 0 Å². The molecule has 1 unspecified atom stereocenters. The smallest absolute Gasteiger partial charge is 0.111 e. The van der Waals surface area contributed by atoms with Gasteiger partial charge in [0.15, 0.2) is 0 Å². The second-order valence-corrected chi connectivity index (χ2v) is 4.28. The molecule has 0 amide bonds. The monoisotopic (exact) mass is 210 g/mol. The van der Waals surface area contributed by atoms with Crippen molar-refractivity contribution < 1.29 is 4.74 Å². The van der Waals surface area contributed by atoms with Gasteiger partial charge in [-0.25, -0.2) is 5.43 Å². The SMILES string of the molecule is NNC(Cc1cccs1)C1=CCCO1. The normalized spacial score (nSPS) is 17.6. The third-order valence-electron chi connectivity index (χ3n) is 2.26. The Morgan fingerprint density at radius 1 is 1.64 bits per heavy atom. The van der Waals surface area contributed by atoms with Crippen LogP contribution in [0.1, 0.15) is 11.3 Å². The molecule has 1 aliphatic heterocycles. The minimum Gasteiger partial charge on any atom is -0.496 e.